The molecule has 1 aliphatic carbocycles. The Morgan fingerprint density at radius 3 is 2.65 bits per heavy atom. The number of carbonyl (C=O) groups excluding carboxylic acids is 1. The second kappa shape index (κ2) is 7.74. The highest BCUT2D eigenvalue weighted by molar-refractivity contribution is 5.89. The van der Waals surface area contributed by atoms with E-state index in [9.17, 15) is 4.79 Å². The lowest BCUT2D eigenvalue weighted by atomic mass is 9.86. The predicted molar refractivity (Wildman–Crippen MR) is 79.6 cm³/mol. The smallest absolute Gasteiger partial charge is 0.245 e. The molecule has 0 aromatic rings. The van der Waals surface area contributed by atoms with Crippen molar-refractivity contribution >= 4 is 11.6 Å². The van der Waals surface area contributed by atoms with E-state index in [-0.39, 0.29) is 17.9 Å². The van der Waals surface area contributed by atoms with Gasteiger partial charge in [0.25, 0.3) is 0 Å². The predicted octanol–water partition coefficient (Wildman–Crippen LogP) is 1.83. The maximum absolute atomic E-state index is 12.2. The molecule has 5 heteroatoms. The molecule has 2 fully saturated rings. The highest BCUT2D eigenvalue weighted by Crippen LogP contribution is 2.26. The molecule has 0 spiro atoms. The van der Waals surface area contributed by atoms with Gasteiger partial charge in [-0.2, -0.15) is 5.10 Å². The fourth-order valence-electron chi connectivity index (χ4n) is 3.19. The molecule has 0 aromatic carbocycles. The number of nitrogens with one attached hydrogen (secondary N) is 2. The van der Waals surface area contributed by atoms with Gasteiger partial charge in [0.05, 0.1) is 17.7 Å². The molecule has 2 N–H and O–H groups in total. The Hall–Kier alpha value is -0.940. The van der Waals surface area contributed by atoms with Gasteiger partial charge in [0.15, 0.2) is 0 Å². The van der Waals surface area contributed by atoms with Crippen molar-refractivity contribution in [2.24, 2.45) is 11.0 Å². The first kappa shape index (κ1) is 15.4. The number of carbonyl (C=O) groups is 1. The van der Waals surface area contributed by atoms with Crippen LogP contribution in [-0.2, 0) is 9.53 Å². The van der Waals surface area contributed by atoms with Crippen LogP contribution in [0.15, 0.2) is 5.10 Å². The van der Waals surface area contributed by atoms with Crippen molar-refractivity contribution in [2.45, 2.75) is 64.0 Å². The number of hydrazone groups is 1. The third-order valence-corrected chi connectivity index (χ3v) is 4.50. The third-order valence-electron chi connectivity index (χ3n) is 4.50. The zero-order valence-electron chi connectivity index (χ0n) is 12.7. The average molecular weight is 281 g/mol. The fourth-order valence-corrected chi connectivity index (χ4v) is 3.19. The molecule has 0 bridgehead atoms. The molecule has 114 valence electrons. The normalized spacial score (nSPS) is 31.9. The van der Waals surface area contributed by atoms with Crippen LogP contribution >= 0.6 is 0 Å². The number of ether oxygens (including phenoxy) is 1. The van der Waals surface area contributed by atoms with Crippen molar-refractivity contribution in [2.75, 3.05) is 13.7 Å². The van der Waals surface area contributed by atoms with Gasteiger partial charge in [0.1, 0.15) is 0 Å². The summed E-state index contributed by atoms with van der Waals surface area (Å²) in [5.74, 6) is -0.0451. The lowest BCUT2D eigenvalue weighted by Crippen LogP contribution is -2.42. The van der Waals surface area contributed by atoms with Gasteiger partial charge in [-0.25, -0.2) is 5.43 Å². The second-order valence-corrected chi connectivity index (χ2v) is 5.90. The van der Waals surface area contributed by atoms with Crippen molar-refractivity contribution in [1.82, 2.24) is 10.7 Å². The Labute approximate surface area is 121 Å². The quantitative estimate of drug-likeness (QED) is 0.610. The molecule has 2 rings (SSSR count). The first-order valence-corrected chi connectivity index (χ1v) is 7.82. The van der Waals surface area contributed by atoms with E-state index in [1.807, 2.05) is 6.92 Å². The average Bonchev–Trinajstić information content (AvgIpc) is 2.53. The van der Waals surface area contributed by atoms with Crippen LogP contribution in [0.5, 0.6) is 0 Å². The summed E-state index contributed by atoms with van der Waals surface area (Å²) in [5.41, 5.74) is 3.72. The highest BCUT2D eigenvalue weighted by Gasteiger charge is 2.31. The van der Waals surface area contributed by atoms with Crippen LogP contribution in [0.3, 0.4) is 0 Å². The summed E-state index contributed by atoms with van der Waals surface area (Å²) in [6.07, 6.45) is 7.74. The number of hydrogen-bond donors (Lipinski definition) is 2. The topological polar surface area (TPSA) is 62.7 Å². The minimum atomic E-state index is -0.0513. The van der Waals surface area contributed by atoms with Crippen molar-refractivity contribution in [3.05, 3.63) is 0 Å². The molecule has 20 heavy (non-hydrogen) atoms. The van der Waals surface area contributed by atoms with Gasteiger partial charge in [-0.3, -0.25) is 4.79 Å². The molecule has 2 aliphatic rings. The van der Waals surface area contributed by atoms with Crippen LogP contribution in [0.1, 0.15) is 51.9 Å². The van der Waals surface area contributed by atoms with Crippen LogP contribution in [0.4, 0.5) is 0 Å². The SMILES string of the molecule is COC1CCCCC1C(=O)N/N=C(\C)C1CCCCN1. The standard InChI is InChI=1S/C15H27N3O2/c1-11(13-8-5-6-10-16-13)17-18-15(19)12-7-3-4-9-14(12)20-2/h12-14,16H,3-10H2,1-2H3,(H,18,19)/b17-11+. The van der Waals surface area contributed by atoms with E-state index in [4.69, 9.17) is 4.74 Å². The molecule has 0 radical (unpaired) electrons. The monoisotopic (exact) mass is 281 g/mol. The summed E-state index contributed by atoms with van der Waals surface area (Å²) in [4.78, 5) is 12.2. The number of piperidine rings is 1. The molecule has 3 unspecified atom stereocenters. The van der Waals surface area contributed by atoms with Crippen LogP contribution in [-0.4, -0.2) is 37.4 Å². The van der Waals surface area contributed by atoms with Gasteiger partial charge in [-0.1, -0.05) is 19.3 Å². The van der Waals surface area contributed by atoms with E-state index in [0.29, 0.717) is 6.04 Å². The summed E-state index contributed by atoms with van der Waals surface area (Å²) in [7, 11) is 1.69. The molecular weight excluding hydrogens is 254 g/mol. The molecule has 1 aliphatic heterocycles. The largest absolute Gasteiger partial charge is 0.381 e. The Morgan fingerprint density at radius 2 is 1.95 bits per heavy atom. The van der Waals surface area contributed by atoms with Gasteiger partial charge in [-0.05, 0) is 39.2 Å². The number of rotatable bonds is 4. The van der Waals surface area contributed by atoms with E-state index in [1.54, 1.807) is 7.11 Å². The van der Waals surface area contributed by atoms with Gasteiger partial charge in [0, 0.05) is 13.2 Å². The Kier molecular flexibility index (Phi) is 5.98. The maximum atomic E-state index is 12.2. The van der Waals surface area contributed by atoms with Gasteiger partial charge in [0.2, 0.25) is 5.91 Å². The lowest BCUT2D eigenvalue weighted by Gasteiger charge is -2.29. The summed E-state index contributed by atoms with van der Waals surface area (Å²) in [6, 6.07) is 0.314. The molecule has 1 saturated carbocycles. The number of hydrogen-bond acceptors (Lipinski definition) is 4. The van der Waals surface area contributed by atoms with Crippen LogP contribution in [0, 0.1) is 5.92 Å². The molecule has 1 heterocycles. The van der Waals surface area contributed by atoms with Gasteiger partial charge in [-0.15, -0.1) is 0 Å². The zero-order chi connectivity index (χ0) is 14.4. The van der Waals surface area contributed by atoms with Crippen LogP contribution in [0.25, 0.3) is 0 Å². The molecular formula is C15H27N3O2. The van der Waals surface area contributed by atoms with E-state index in [2.05, 4.69) is 15.8 Å². The van der Waals surface area contributed by atoms with Gasteiger partial charge < -0.3 is 10.1 Å². The third kappa shape index (κ3) is 4.03. The van der Waals surface area contributed by atoms with E-state index in [0.717, 1.165) is 44.4 Å². The zero-order valence-corrected chi connectivity index (χ0v) is 12.7. The minimum absolute atomic E-state index is 0.00621. The Balaban J connectivity index is 1.86. The summed E-state index contributed by atoms with van der Waals surface area (Å²) in [6.45, 7) is 3.03. The molecule has 3 atom stereocenters. The van der Waals surface area contributed by atoms with E-state index in [1.165, 1.54) is 12.8 Å². The minimum Gasteiger partial charge on any atom is -0.381 e. The van der Waals surface area contributed by atoms with Crippen molar-refractivity contribution in [3.63, 3.8) is 0 Å². The van der Waals surface area contributed by atoms with Crippen molar-refractivity contribution in [1.29, 1.82) is 0 Å². The second-order valence-electron chi connectivity index (χ2n) is 5.90. The van der Waals surface area contributed by atoms with E-state index >= 15 is 0 Å². The maximum Gasteiger partial charge on any atom is 0.245 e. The van der Waals surface area contributed by atoms with Crippen LogP contribution < -0.4 is 10.7 Å². The Bertz CT molecular complexity index is 351. The van der Waals surface area contributed by atoms with Crippen molar-refractivity contribution < 1.29 is 9.53 Å². The van der Waals surface area contributed by atoms with E-state index < -0.39 is 0 Å². The summed E-state index contributed by atoms with van der Waals surface area (Å²) >= 11 is 0. The number of nitrogens with zero attached hydrogens (tertiary/aromatic N) is 1. The summed E-state index contributed by atoms with van der Waals surface area (Å²) < 4.78 is 5.43. The molecule has 1 saturated heterocycles. The first-order chi connectivity index (χ1) is 9.72. The number of methoxy groups -OCH3 is 1. The van der Waals surface area contributed by atoms with Gasteiger partial charge >= 0.3 is 0 Å². The summed E-state index contributed by atoms with van der Waals surface area (Å²) in [5, 5.41) is 7.73. The molecule has 5 nitrogen and oxygen atoms in total. The lowest BCUT2D eigenvalue weighted by molar-refractivity contribution is -0.131. The molecule has 0 aromatic heterocycles. The first-order valence-electron chi connectivity index (χ1n) is 7.82. The molecule has 1 amide bonds. The van der Waals surface area contributed by atoms with Crippen molar-refractivity contribution in [3.8, 4) is 0 Å². The fraction of sp³-hybridized carbons (Fsp3) is 0.867. The highest BCUT2D eigenvalue weighted by atomic mass is 16.5. The number of amides is 1. The van der Waals surface area contributed by atoms with Crippen LogP contribution in [0.2, 0.25) is 0 Å². The Morgan fingerprint density at radius 1 is 1.20 bits per heavy atom.